The van der Waals surface area contributed by atoms with Crippen LogP contribution in [0, 0.1) is 0 Å². The maximum absolute atomic E-state index is 5.83. The van der Waals surface area contributed by atoms with E-state index >= 15 is 0 Å². The van der Waals surface area contributed by atoms with Gasteiger partial charge in [0, 0.05) is 17.5 Å². The lowest BCUT2D eigenvalue weighted by Gasteiger charge is -2.19. The molecule has 0 aliphatic carbocycles. The van der Waals surface area contributed by atoms with E-state index in [0.29, 0.717) is 13.6 Å². The van der Waals surface area contributed by atoms with Crippen molar-refractivity contribution in [1.82, 2.24) is 0 Å². The Balaban J connectivity index is 1.87. The average molecular weight is 376 g/mol. The third-order valence-electron chi connectivity index (χ3n) is 4.55. The first-order valence-electron chi connectivity index (χ1n) is 8.24. The minimum Gasteiger partial charge on any atom is -0.454 e. The molecule has 2 aliphatic heterocycles. The van der Waals surface area contributed by atoms with E-state index in [9.17, 15) is 0 Å². The average Bonchev–Trinajstić information content (AvgIpc) is 3.23. The molecule has 0 N–H and O–H groups in total. The van der Waals surface area contributed by atoms with Crippen LogP contribution in [0.4, 0.5) is 0 Å². The van der Waals surface area contributed by atoms with Crippen LogP contribution in [-0.2, 0) is 6.42 Å². The number of hydrogen-bond donors (Lipinski definition) is 0. The molecule has 0 amide bonds. The second kappa shape index (κ2) is 6.67. The van der Waals surface area contributed by atoms with E-state index in [0.717, 1.165) is 29.4 Å². The number of benzene rings is 2. The standard InChI is InChI=1S/C19H22O4P2/c1-24(2)16-7-5-14-18(22-10-20-14)12(16)9-13-17(25(3)4)8-6-15-19(13)23-11-21-15/h5-8H,9-11H2,1-4H3. The van der Waals surface area contributed by atoms with Crippen molar-refractivity contribution in [1.29, 1.82) is 0 Å². The van der Waals surface area contributed by atoms with Crippen LogP contribution in [0.25, 0.3) is 0 Å². The monoisotopic (exact) mass is 376 g/mol. The lowest BCUT2D eigenvalue weighted by atomic mass is 10.0. The van der Waals surface area contributed by atoms with Gasteiger partial charge in [0.2, 0.25) is 13.6 Å². The van der Waals surface area contributed by atoms with Crippen molar-refractivity contribution in [3.05, 3.63) is 35.4 Å². The fraction of sp³-hybridized carbons (Fsp3) is 0.368. The molecular weight excluding hydrogens is 354 g/mol. The molecule has 0 saturated heterocycles. The third kappa shape index (κ3) is 2.96. The highest BCUT2D eigenvalue weighted by atomic mass is 31.1. The molecule has 4 nitrogen and oxygen atoms in total. The van der Waals surface area contributed by atoms with Gasteiger partial charge in [0.05, 0.1) is 0 Å². The Hall–Kier alpha value is -1.50. The molecule has 0 atom stereocenters. The molecule has 4 rings (SSSR count). The molecule has 0 bridgehead atoms. The maximum Gasteiger partial charge on any atom is 0.231 e. The van der Waals surface area contributed by atoms with Crippen molar-refractivity contribution in [2.45, 2.75) is 6.42 Å². The predicted octanol–water partition coefficient (Wildman–Crippen LogP) is 3.47. The van der Waals surface area contributed by atoms with E-state index in [4.69, 9.17) is 18.9 Å². The summed E-state index contributed by atoms with van der Waals surface area (Å²) in [5, 5.41) is 2.72. The largest absolute Gasteiger partial charge is 0.454 e. The second-order valence-corrected chi connectivity index (χ2v) is 11.1. The van der Waals surface area contributed by atoms with Crippen LogP contribution in [0.2, 0.25) is 0 Å². The van der Waals surface area contributed by atoms with Crippen LogP contribution in [-0.4, -0.2) is 40.2 Å². The Bertz CT molecular complexity index is 750. The molecule has 2 heterocycles. The number of rotatable bonds is 4. The zero-order valence-electron chi connectivity index (χ0n) is 15.0. The summed E-state index contributed by atoms with van der Waals surface area (Å²) >= 11 is 0. The quantitative estimate of drug-likeness (QED) is 0.766. The Kier molecular flexibility index (Phi) is 4.52. The van der Waals surface area contributed by atoms with Crippen molar-refractivity contribution in [3.8, 4) is 23.0 Å². The summed E-state index contributed by atoms with van der Waals surface area (Å²) in [7, 11) is -0.505. The van der Waals surface area contributed by atoms with Crippen molar-refractivity contribution in [2.24, 2.45) is 0 Å². The first-order chi connectivity index (χ1) is 12.1. The molecule has 0 unspecified atom stereocenters. The van der Waals surface area contributed by atoms with Gasteiger partial charge < -0.3 is 18.9 Å². The Morgan fingerprint density at radius 1 is 0.680 bits per heavy atom. The van der Waals surface area contributed by atoms with E-state index in [1.54, 1.807) is 0 Å². The topological polar surface area (TPSA) is 36.9 Å². The molecule has 2 aromatic carbocycles. The van der Waals surface area contributed by atoms with E-state index in [2.05, 4.69) is 38.8 Å². The summed E-state index contributed by atoms with van der Waals surface area (Å²) in [4.78, 5) is 0. The van der Waals surface area contributed by atoms with Crippen molar-refractivity contribution in [2.75, 3.05) is 40.2 Å². The highest BCUT2D eigenvalue weighted by Crippen LogP contribution is 2.44. The van der Waals surface area contributed by atoms with Gasteiger partial charge in [-0.3, -0.25) is 0 Å². The van der Waals surface area contributed by atoms with Crippen LogP contribution in [0.3, 0.4) is 0 Å². The maximum atomic E-state index is 5.83. The van der Waals surface area contributed by atoms with Crippen LogP contribution in [0.5, 0.6) is 23.0 Å². The first kappa shape index (κ1) is 16.9. The Morgan fingerprint density at radius 2 is 1.12 bits per heavy atom. The highest BCUT2D eigenvalue weighted by Gasteiger charge is 2.27. The molecular formula is C19H22O4P2. The smallest absolute Gasteiger partial charge is 0.231 e. The zero-order chi connectivity index (χ0) is 17.6. The first-order valence-corrected chi connectivity index (χ1v) is 12.7. The van der Waals surface area contributed by atoms with E-state index in [1.165, 1.54) is 21.7 Å². The SMILES string of the molecule is CP(C)c1ccc2c(c1Cc1c(P(C)C)ccc3c1OCO3)OCO2. The van der Waals surface area contributed by atoms with Crippen molar-refractivity contribution < 1.29 is 18.9 Å². The van der Waals surface area contributed by atoms with Gasteiger partial charge in [0.1, 0.15) is 0 Å². The van der Waals surface area contributed by atoms with Gasteiger partial charge in [-0.05, 0) is 49.4 Å². The van der Waals surface area contributed by atoms with E-state index in [1.807, 2.05) is 12.1 Å². The molecule has 0 aromatic heterocycles. The van der Waals surface area contributed by atoms with Gasteiger partial charge in [0.25, 0.3) is 0 Å². The molecule has 132 valence electrons. The molecule has 6 heteroatoms. The van der Waals surface area contributed by atoms with Crippen LogP contribution < -0.4 is 29.6 Å². The number of hydrogen-bond acceptors (Lipinski definition) is 4. The molecule has 0 fully saturated rings. The highest BCUT2D eigenvalue weighted by molar-refractivity contribution is 7.64. The number of ether oxygens (including phenoxy) is 4. The molecule has 0 spiro atoms. The summed E-state index contributed by atoms with van der Waals surface area (Å²) in [5.74, 6) is 3.48. The second-order valence-electron chi connectivity index (χ2n) is 6.56. The van der Waals surface area contributed by atoms with Crippen molar-refractivity contribution in [3.63, 3.8) is 0 Å². The Morgan fingerprint density at radius 3 is 1.52 bits per heavy atom. The summed E-state index contributed by atoms with van der Waals surface area (Å²) in [6.07, 6.45) is 0.782. The van der Waals surface area contributed by atoms with Gasteiger partial charge in [0.15, 0.2) is 23.0 Å². The van der Waals surface area contributed by atoms with Crippen LogP contribution in [0.15, 0.2) is 24.3 Å². The van der Waals surface area contributed by atoms with Crippen LogP contribution in [0.1, 0.15) is 11.1 Å². The van der Waals surface area contributed by atoms with Gasteiger partial charge >= 0.3 is 0 Å². The minimum atomic E-state index is -0.252. The molecule has 2 aliphatic rings. The van der Waals surface area contributed by atoms with E-state index < -0.39 is 0 Å². The summed E-state index contributed by atoms with van der Waals surface area (Å²) in [6.45, 7) is 9.70. The predicted molar refractivity (Wildman–Crippen MR) is 105 cm³/mol. The van der Waals surface area contributed by atoms with Gasteiger partial charge in [-0.2, -0.15) is 0 Å². The molecule has 25 heavy (non-hydrogen) atoms. The summed E-state index contributed by atoms with van der Waals surface area (Å²) < 4.78 is 22.9. The summed E-state index contributed by atoms with van der Waals surface area (Å²) in [5.41, 5.74) is 2.46. The lowest BCUT2D eigenvalue weighted by molar-refractivity contribution is 0.173. The van der Waals surface area contributed by atoms with E-state index in [-0.39, 0.29) is 15.8 Å². The van der Waals surface area contributed by atoms with Crippen LogP contribution >= 0.6 is 15.8 Å². The van der Waals surface area contributed by atoms with Gasteiger partial charge in [-0.1, -0.05) is 28.0 Å². The molecule has 2 aromatic rings. The fourth-order valence-electron chi connectivity index (χ4n) is 3.40. The Labute approximate surface area is 150 Å². The normalized spacial score (nSPS) is 14.6. The third-order valence-corrected chi connectivity index (χ3v) is 7.32. The van der Waals surface area contributed by atoms with Crippen molar-refractivity contribution >= 4 is 26.5 Å². The van der Waals surface area contributed by atoms with Gasteiger partial charge in [-0.15, -0.1) is 0 Å². The molecule has 0 radical (unpaired) electrons. The minimum absolute atomic E-state index is 0.252. The zero-order valence-corrected chi connectivity index (χ0v) is 16.7. The lowest BCUT2D eigenvalue weighted by Crippen LogP contribution is -2.15. The summed E-state index contributed by atoms with van der Waals surface area (Å²) in [6, 6.07) is 8.45. The molecule has 0 saturated carbocycles. The number of fused-ring (bicyclic) bond motifs is 2. The fourth-order valence-corrected chi connectivity index (χ4v) is 5.58. The van der Waals surface area contributed by atoms with Gasteiger partial charge in [-0.25, -0.2) is 0 Å².